The van der Waals surface area contributed by atoms with Crippen molar-refractivity contribution < 1.29 is 18.0 Å². The van der Waals surface area contributed by atoms with Crippen LogP contribution in [0.25, 0.3) is 0 Å². The monoisotopic (exact) mass is 288 g/mol. The Morgan fingerprint density at radius 3 is 2.40 bits per heavy atom. The van der Waals surface area contributed by atoms with Crippen LogP contribution in [-0.4, -0.2) is 11.4 Å². The molecule has 0 unspecified atom stereocenters. The van der Waals surface area contributed by atoms with E-state index in [1.165, 1.54) is 0 Å². The number of alkyl halides is 3. The number of nitrogens with two attached hydrogens (primary N) is 1. The average Bonchev–Trinajstić information content (AvgIpc) is 2.26. The third kappa shape index (κ3) is 4.15. The molecule has 1 aromatic rings. The molecule has 20 heavy (non-hydrogen) atoms. The zero-order valence-electron chi connectivity index (χ0n) is 11.8. The zero-order valence-corrected chi connectivity index (χ0v) is 11.8. The maximum absolute atomic E-state index is 12.6. The Hall–Kier alpha value is -1.72. The Morgan fingerprint density at radius 2 is 1.90 bits per heavy atom. The fourth-order valence-corrected chi connectivity index (χ4v) is 1.99. The largest absolute Gasteiger partial charge is 0.416 e. The van der Waals surface area contributed by atoms with Crippen LogP contribution in [0.2, 0.25) is 0 Å². The van der Waals surface area contributed by atoms with Gasteiger partial charge in [-0.2, -0.15) is 13.2 Å². The summed E-state index contributed by atoms with van der Waals surface area (Å²) < 4.78 is 37.9. The minimum Gasteiger partial charge on any atom is -0.398 e. The van der Waals surface area contributed by atoms with Crippen molar-refractivity contribution >= 4 is 11.6 Å². The molecule has 0 aliphatic carbocycles. The molecular weight excluding hydrogens is 269 g/mol. The Labute approximate surface area is 116 Å². The SMILES string of the molecule is CCCC(C)(C)NC(=O)c1cc(C(F)(F)F)ccc1N. The number of nitrogen functional groups attached to an aromatic ring is 1. The van der Waals surface area contributed by atoms with E-state index < -0.39 is 23.2 Å². The number of hydrogen-bond acceptors (Lipinski definition) is 2. The second-order valence-electron chi connectivity index (χ2n) is 5.39. The van der Waals surface area contributed by atoms with Crippen LogP contribution in [0.1, 0.15) is 49.5 Å². The first kappa shape index (κ1) is 16.3. The van der Waals surface area contributed by atoms with Gasteiger partial charge in [-0.15, -0.1) is 0 Å². The van der Waals surface area contributed by atoms with Crippen molar-refractivity contribution in [3.63, 3.8) is 0 Å². The number of benzene rings is 1. The van der Waals surface area contributed by atoms with E-state index in [0.29, 0.717) is 0 Å². The van der Waals surface area contributed by atoms with E-state index in [4.69, 9.17) is 5.73 Å². The van der Waals surface area contributed by atoms with Crippen LogP contribution >= 0.6 is 0 Å². The highest BCUT2D eigenvalue weighted by atomic mass is 19.4. The van der Waals surface area contributed by atoms with Crippen molar-refractivity contribution in [2.75, 3.05) is 5.73 Å². The van der Waals surface area contributed by atoms with E-state index in [-0.39, 0.29) is 11.3 Å². The van der Waals surface area contributed by atoms with Gasteiger partial charge in [0, 0.05) is 11.2 Å². The maximum atomic E-state index is 12.6. The van der Waals surface area contributed by atoms with E-state index >= 15 is 0 Å². The molecule has 0 radical (unpaired) electrons. The number of anilines is 1. The minimum atomic E-state index is -4.50. The Balaban J connectivity index is 3.04. The molecule has 1 aromatic carbocycles. The second kappa shape index (κ2) is 5.73. The van der Waals surface area contributed by atoms with Crippen LogP contribution in [-0.2, 0) is 6.18 Å². The van der Waals surface area contributed by atoms with Crippen LogP contribution in [0.4, 0.5) is 18.9 Å². The number of amides is 1. The highest BCUT2D eigenvalue weighted by Gasteiger charge is 2.32. The standard InChI is InChI=1S/C14H19F3N2O/c1-4-7-13(2,3)19-12(20)10-8-9(14(15,16)17)5-6-11(10)18/h5-6,8H,4,7,18H2,1-3H3,(H,19,20). The number of halogens is 3. The van der Waals surface area contributed by atoms with Gasteiger partial charge in [-0.05, 0) is 38.5 Å². The van der Waals surface area contributed by atoms with Gasteiger partial charge in [0.2, 0.25) is 0 Å². The highest BCUT2D eigenvalue weighted by Crippen LogP contribution is 2.31. The van der Waals surface area contributed by atoms with Gasteiger partial charge in [0.25, 0.3) is 5.91 Å². The smallest absolute Gasteiger partial charge is 0.398 e. The van der Waals surface area contributed by atoms with Crippen LogP contribution in [0.15, 0.2) is 18.2 Å². The summed E-state index contributed by atoms with van der Waals surface area (Å²) in [6, 6.07) is 2.75. The fourth-order valence-electron chi connectivity index (χ4n) is 1.99. The average molecular weight is 288 g/mol. The zero-order chi connectivity index (χ0) is 15.6. The van der Waals surface area contributed by atoms with Crippen molar-refractivity contribution in [3.05, 3.63) is 29.3 Å². The van der Waals surface area contributed by atoms with Gasteiger partial charge in [-0.3, -0.25) is 4.79 Å². The molecular formula is C14H19F3N2O. The summed E-state index contributed by atoms with van der Waals surface area (Å²) in [6.07, 6.45) is -2.93. The molecule has 0 saturated heterocycles. The highest BCUT2D eigenvalue weighted by molar-refractivity contribution is 5.99. The number of nitrogens with one attached hydrogen (secondary N) is 1. The molecule has 6 heteroatoms. The Kier molecular flexibility index (Phi) is 4.68. The van der Waals surface area contributed by atoms with Crippen molar-refractivity contribution in [1.82, 2.24) is 5.32 Å². The minimum absolute atomic E-state index is 0.0304. The lowest BCUT2D eigenvalue weighted by Crippen LogP contribution is -2.43. The molecule has 3 N–H and O–H groups in total. The molecule has 3 nitrogen and oxygen atoms in total. The van der Waals surface area contributed by atoms with E-state index in [0.717, 1.165) is 31.0 Å². The van der Waals surface area contributed by atoms with E-state index in [1.807, 2.05) is 20.8 Å². The molecule has 0 aliphatic heterocycles. The van der Waals surface area contributed by atoms with Crippen molar-refractivity contribution in [1.29, 1.82) is 0 Å². The van der Waals surface area contributed by atoms with Gasteiger partial charge in [0.1, 0.15) is 0 Å². The van der Waals surface area contributed by atoms with Gasteiger partial charge in [-0.1, -0.05) is 13.3 Å². The Morgan fingerprint density at radius 1 is 1.30 bits per heavy atom. The van der Waals surface area contributed by atoms with Gasteiger partial charge in [-0.25, -0.2) is 0 Å². The van der Waals surface area contributed by atoms with Crippen LogP contribution in [0.3, 0.4) is 0 Å². The molecule has 0 saturated carbocycles. The summed E-state index contributed by atoms with van der Waals surface area (Å²) in [5.74, 6) is -0.591. The number of hydrogen-bond donors (Lipinski definition) is 2. The molecule has 0 bridgehead atoms. The summed E-state index contributed by atoms with van der Waals surface area (Å²) in [5.41, 5.74) is 4.10. The number of carbonyl (C=O) groups is 1. The predicted molar refractivity (Wildman–Crippen MR) is 72.3 cm³/mol. The van der Waals surface area contributed by atoms with Gasteiger partial charge < -0.3 is 11.1 Å². The first-order valence-electron chi connectivity index (χ1n) is 6.36. The first-order valence-corrected chi connectivity index (χ1v) is 6.36. The van der Waals surface area contributed by atoms with Crippen molar-refractivity contribution in [2.24, 2.45) is 0 Å². The predicted octanol–water partition coefficient (Wildman–Crippen LogP) is 3.60. The Bertz CT molecular complexity index is 496. The molecule has 0 atom stereocenters. The molecule has 0 heterocycles. The molecule has 0 aliphatic rings. The van der Waals surface area contributed by atoms with Crippen molar-refractivity contribution in [3.8, 4) is 0 Å². The lowest BCUT2D eigenvalue weighted by molar-refractivity contribution is -0.137. The van der Waals surface area contributed by atoms with Crippen LogP contribution < -0.4 is 11.1 Å². The molecule has 0 spiro atoms. The third-order valence-corrected chi connectivity index (χ3v) is 2.95. The summed E-state index contributed by atoms with van der Waals surface area (Å²) >= 11 is 0. The quantitative estimate of drug-likeness (QED) is 0.832. The maximum Gasteiger partial charge on any atom is 0.416 e. The summed E-state index contributed by atoms with van der Waals surface area (Å²) in [6.45, 7) is 5.60. The summed E-state index contributed by atoms with van der Waals surface area (Å²) in [5, 5.41) is 2.71. The van der Waals surface area contributed by atoms with Gasteiger partial charge >= 0.3 is 6.18 Å². The topological polar surface area (TPSA) is 55.1 Å². The number of carbonyl (C=O) groups excluding carboxylic acids is 1. The lowest BCUT2D eigenvalue weighted by Gasteiger charge is -2.26. The second-order valence-corrected chi connectivity index (χ2v) is 5.39. The van der Waals surface area contributed by atoms with Crippen LogP contribution in [0, 0.1) is 0 Å². The normalized spacial score (nSPS) is 12.3. The van der Waals surface area contributed by atoms with E-state index in [1.54, 1.807) is 0 Å². The van der Waals surface area contributed by atoms with Gasteiger partial charge in [0.05, 0.1) is 11.1 Å². The lowest BCUT2D eigenvalue weighted by atomic mass is 9.98. The van der Waals surface area contributed by atoms with Crippen LogP contribution in [0.5, 0.6) is 0 Å². The summed E-state index contributed by atoms with van der Waals surface area (Å²) in [4.78, 5) is 12.1. The summed E-state index contributed by atoms with van der Waals surface area (Å²) in [7, 11) is 0. The first-order chi connectivity index (χ1) is 9.07. The van der Waals surface area contributed by atoms with Gasteiger partial charge in [0.15, 0.2) is 0 Å². The van der Waals surface area contributed by atoms with Crippen molar-refractivity contribution in [2.45, 2.75) is 45.3 Å². The fraction of sp³-hybridized carbons (Fsp3) is 0.500. The molecule has 0 aromatic heterocycles. The van der Waals surface area contributed by atoms with E-state index in [2.05, 4.69) is 5.32 Å². The number of rotatable bonds is 4. The molecule has 1 amide bonds. The molecule has 112 valence electrons. The molecule has 1 rings (SSSR count). The van der Waals surface area contributed by atoms with E-state index in [9.17, 15) is 18.0 Å². The molecule has 0 fully saturated rings. The third-order valence-electron chi connectivity index (χ3n) is 2.95.